The van der Waals surface area contributed by atoms with E-state index in [-0.39, 0.29) is 5.75 Å². The fourth-order valence-corrected chi connectivity index (χ4v) is 3.42. The fraction of sp³-hybridized carbons (Fsp3) is 1.00. The van der Waals surface area contributed by atoms with E-state index in [1.165, 1.54) is 6.26 Å². The van der Waals surface area contributed by atoms with Crippen LogP contribution in [0.5, 0.6) is 0 Å². The van der Waals surface area contributed by atoms with Gasteiger partial charge in [-0.15, -0.1) is 0 Å². The van der Waals surface area contributed by atoms with Crippen LogP contribution in [0.25, 0.3) is 0 Å². The highest BCUT2D eigenvalue weighted by atomic mass is 32.2. The van der Waals surface area contributed by atoms with Gasteiger partial charge in [0.25, 0.3) is 0 Å². The molecule has 3 nitrogen and oxygen atoms in total. The van der Waals surface area contributed by atoms with Gasteiger partial charge in [-0.2, -0.15) is 11.8 Å². The van der Waals surface area contributed by atoms with E-state index < -0.39 is 15.9 Å². The van der Waals surface area contributed by atoms with Crippen molar-refractivity contribution in [2.45, 2.75) is 18.9 Å². The Hall–Kier alpha value is 0.260. The number of aliphatic hydroxyl groups is 1. The molecule has 5 heteroatoms. The molecule has 1 saturated heterocycles. The number of rotatable bonds is 4. The number of thioether (sulfide) groups is 1. The zero-order valence-electron chi connectivity index (χ0n) is 7.77. The first kappa shape index (κ1) is 11.3. The molecular weight excluding hydrogens is 208 g/mol. The Kier molecular flexibility index (Phi) is 4.06. The summed E-state index contributed by atoms with van der Waals surface area (Å²) in [5.74, 6) is 2.49. The number of aliphatic hydroxyl groups excluding tert-OH is 1. The molecule has 0 saturated carbocycles. The summed E-state index contributed by atoms with van der Waals surface area (Å²) in [7, 11) is -2.92. The van der Waals surface area contributed by atoms with Crippen molar-refractivity contribution in [3.05, 3.63) is 0 Å². The van der Waals surface area contributed by atoms with Crippen LogP contribution >= 0.6 is 11.8 Å². The van der Waals surface area contributed by atoms with Gasteiger partial charge in [0, 0.05) is 6.26 Å². The van der Waals surface area contributed by atoms with Crippen molar-refractivity contribution in [2.75, 3.05) is 23.5 Å². The molecule has 2 unspecified atom stereocenters. The summed E-state index contributed by atoms with van der Waals surface area (Å²) < 4.78 is 21.7. The second-order valence-electron chi connectivity index (χ2n) is 3.61. The van der Waals surface area contributed by atoms with Crippen molar-refractivity contribution in [3.63, 3.8) is 0 Å². The van der Waals surface area contributed by atoms with E-state index in [0.29, 0.717) is 12.3 Å². The highest BCUT2D eigenvalue weighted by molar-refractivity contribution is 7.99. The van der Waals surface area contributed by atoms with Crippen LogP contribution in [-0.4, -0.2) is 43.1 Å². The van der Waals surface area contributed by atoms with Crippen molar-refractivity contribution < 1.29 is 13.5 Å². The minimum atomic E-state index is -2.92. The lowest BCUT2D eigenvalue weighted by Crippen LogP contribution is -2.23. The first-order chi connectivity index (χ1) is 5.99. The first-order valence-electron chi connectivity index (χ1n) is 4.42. The average Bonchev–Trinajstić information content (AvgIpc) is 2.50. The van der Waals surface area contributed by atoms with Gasteiger partial charge in [0.1, 0.15) is 9.84 Å². The third-order valence-electron chi connectivity index (χ3n) is 2.29. The summed E-state index contributed by atoms with van der Waals surface area (Å²) in [5, 5.41) is 9.63. The SMILES string of the molecule is CS(=O)(=O)CCC(O)C1CCSC1. The maximum absolute atomic E-state index is 10.8. The van der Waals surface area contributed by atoms with E-state index in [4.69, 9.17) is 0 Å². The van der Waals surface area contributed by atoms with Gasteiger partial charge in [-0.3, -0.25) is 0 Å². The Labute approximate surface area is 83.8 Å². The van der Waals surface area contributed by atoms with Gasteiger partial charge in [-0.05, 0) is 30.3 Å². The molecule has 1 N–H and O–H groups in total. The molecule has 0 aliphatic carbocycles. The van der Waals surface area contributed by atoms with Gasteiger partial charge in [-0.1, -0.05) is 0 Å². The van der Waals surface area contributed by atoms with Crippen LogP contribution < -0.4 is 0 Å². The monoisotopic (exact) mass is 224 g/mol. The summed E-state index contributed by atoms with van der Waals surface area (Å²) in [5.41, 5.74) is 0. The Morgan fingerprint density at radius 2 is 2.31 bits per heavy atom. The molecule has 13 heavy (non-hydrogen) atoms. The summed E-state index contributed by atoms with van der Waals surface area (Å²) >= 11 is 1.83. The van der Waals surface area contributed by atoms with E-state index >= 15 is 0 Å². The maximum Gasteiger partial charge on any atom is 0.147 e. The van der Waals surface area contributed by atoms with E-state index in [1.54, 1.807) is 0 Å². The lowest BCUT2D eigenvalue weighted by Gasteiger charge is -2.15. The molecular formula is C8H16O3S2. The second-order valence-corrected chi connectivity index (χ2v) is 7.02. The lowest BCUT2D eigenvalue weighted by atomic mass is 10.0. The van der Waals surface area contributed by atoms with Crippen LogP contribution in [0.15, 0.2) is 0 Å². The molecule has 78 valence electrons. The Morgan fingerprint density at radius 1 is 1.62 bits per heavy atom. The molecule has 0 aromatic carbocycles. The van der Waals surface area contributed by atoms with Crippen LogP contribution in [0.3, 0.4) is 0 Å². The topological polar surface area (TPSA) is 54.4 Å². The van der Waals surface area contributed by atoms with Gasteiger partial charge < -0.3 is 5.11 Å². The van der Waals surface area contributed by atoms with Crippen molar-refractivity contribution >= 4 is 21.6 Å². The van der Waals surface area contributed by atoms with E-state index in [1.807, 2.05) is 11.8 Å². The van der Waals surface area contributed by atoms with Crippen molar-refractivity contribution in [1.82, 2.24) is 0 Å². The smallest absolute Gasteiger partial charge is 0.147 e. The molecule has 1 heterocycles. The molecule has 1 aliphatic heterocycles. The summed E-state index contributed by atoms with van der Waals surface area (Å²) in [6, 6.07) is 0. The van der Waals surface area contributed by atoms with Gasteiger partial charge in [0.2, 0.25) is 0 Å². The highest BCUT2D eigenvalue weighted by Gasteiger charge is 2.24. The van der Waals surface area contributed by atoms with E-state index in [0.717, 1.165) is 17.9 Å². The fourth-order valence-electron chi connectivity index (χ4n) is 1.43. The van der Waals surface area contributed by atoms with Gasteiger partial charge in [0.05, 0.1) is 11.9 Å². The van der Waals surface area contributed by atoms with Crippen LogP contribution in [0.2, 0.25) is 0 Å². The van der Waals surface area contributed by atoms with Crippen LogP contribution in [0, 0.1) is 5.92 Å². The summed E-state index contributed by atoms with van der Waals surface area (Å²) in [4.78, 5) is 0. The van der Waals surface area contributed by atoms with E-state index in [9.17, 15) is 13.5 Å². The predicted molar refractivity (Wildman–Crippen MR) is 55.8 cm³/mol. The van der Waals surface area contributed by atoms with Crippen LogP contribution in [0.4, 0.5) is 0 Å². The lowest BCUT2D eigenvalue weighted by molar-refractivity contribution is 0.117. The zero-order chi connectivity index (χ0) is 9.90. The van der Waals surface area contributed by atoms with E-state index in [2.05, 4.69) is 0 Å². The number of sulfone groups is 1. The minimum absolute atomic E-state index is 0.106. The minimum Gasteiger partial charge on any atom is -0.393 e. The van der Waals surface area contributed by atoms with Gasteiger partial charge in [-0.25, -0.2) is 8.42 Å². The van der Waals surface area contributed by atoms with Gasteiger partial charge >= 0.3 is 0 Å². The largest absolute Gasteiger partial charge is 0.393 e. The van der Waals surface area contributed by atoms with Crippen molar-refractivity contribution in [2.24, 2.45) is 5.92 Å². The van der Waals surface area contributed by atoms with Crippen molar-refractivity contribution in [3.8, 4) is 0 Å². The second kappa shape index (κ2) is 4.66. The quantitative estimate of drug-likeness (QED) is 0.757. The Balaban J connectivity index is 2.28. The van der Waals surface area contributed by atoms with Gasteiger partial charge in [0.15, 0.2) is 0 Å². The third kappa shape index (κ3) is 4.33. The molecule has 0 amide bonds. The Bertz CT molecular complexity index is 242. The highest BCUT2D eigenvalue weighted by Crippen LogP contribution is 2.27. The number of hydrogen-bond acceptors (Lipinski definition) is 4. The maximum atomic E-state index is 10.8. The van der Waals surface area contributed by atoms with Crippen LogP contribution in [0.1, 0.15) is 12.8 Å². The average molecular weight is 224 g/mol. The Morgan fingerprint density at radius 3 is 2.77 bits per heavy atom. The number of hydrogen-bond donors (Lipinski definition) is 1. The van der Waals surface area contributed by atoms with Crippen LogP contribution in [-0.2, 0) is 9.84 Å². The molecule has 0 aromatic rings. The molecule has 0 aromatic heterocycles. The molecule has 1 aliphatic rings. The molecule has 1 fully saturated rings. The normalized spacial score (nSPS) is 26.2. The van der Waals surface area contributed by atoms with Crippen molar-refractivity contribution in [1.29, 1.82) is 0 Å². The standard InChI is InChI=1S/C8H16O3S2/c1-13(10,11)5-3-8(9)7-2-4-12-6-7/h7-9H,2-6H2,1H3. The molecule has 0 spiro atoms. The third-order valence-corrected chi connectivity index (χ3v) is 4.46. The predicted octanol–water partition coefficient (Wildman–Crippen LogP) is 0.535. The zero-order valence-corrected chi connectivity index (χ0v) is 9.40. The molecule has 0 bridgehead atoms. The molecule has 1 rings (SSSR count). The summed E-state index contributed by atoms with van der Waals surface area (Å²) in [6.07, 6.45) is 2.20. The summed E-state index contributed by atoms with van der Waals surface area (Å²) in [6.45, 7) is 0. The first-order valence-corrected chi connectivity index (χ1v) is 7.64. The molecule has 2 atom stereocenters. The molecule has 0 radical (unpaired) electrons.